The van der Waals surface area contributed by atoms with E-state index >= 15 is 0 Å². The molecule has 0 spiro atoms. The second kappa shape index (κ2) is 3.13. The molecule has 2 aromatic rings. The Morgan fingerprint density at radius 1 is 1.13 bits per heavy atom. The van der Waals surface area contributed by atoms with Crippen molar-refractivity contribution in [2.45, 2.75) is 13.3 Å². The van der Waals surface area contributed by atoms with Crippen LogP contribution in [0, 0.1) is 6.92 Å². The lowest BCUT2D eigenvalue weighted by Gasteiger charge is -1.92. The van der Waals surface area contributed by atoms with Gasteiger partial charge in [0.2, 0.25) is 0 Å². The van der Waals surface area contributed by atoms with Crippen LogP contribution in [0.5, 0.6) is 0 Å². The van der Waals surface area contributed by atoms with Crippen LogP contribution in [-0.4, -0.2) is 0 Å². The molecule has 1 aromatic heterocycles. The predicted molar refractivity (Wildman–Crippen MR) is 63.6 cm³/mol. The van der Waals surface area contributed by atoms with Crippen molar-refractivity contribution in [1.82, 2.24) is 0 Å². The third-order valence-corrected chi connectivity index (χ3v) is 2.74. The number of allylic oxidation sites excluding steroid dienone is 2. The van der Waals surface area contributed by atoms with Crippen LogP contribution >= 0.6 is 0 Å². The average molecular weight is 196 g/mol. The molecule has 1 heterocycles. The fraction of sp³-hybridized carbons (Fsp3) is 0.143. The molecular weight excluding hydrogens is 184 g/mol. The van der Waals surface area contributed by atoms with Gasteiger partial charge in [-0.05, 0) is 31.1 Å². The fourth-order valence-electron chi connectivity index (χ4n) is 1.98. The lowest BCUT2D eigenvalue weighted by Crippen LogP contribution is -1.72. The first-order valence-electron chi connectivity index (χ1n) is 5.21. The summed E-state index contributed by atoms with van der Waals surface area (Å²) in [7, 11) is 0. The first-order valence-corrected chi connectivity index (χ1v) is 5.21. The summed E-state index contributed by atoms with van der Waals surface area (Å²) in [6, 6.07) is 6.35. The summed E-state index contributed by atoms with van der Waals surface area (Å²) in [5.74, 6) is 0.976. The highest BCUT2D eigenvalue weighted by molar-refractivity contribution is 5.91. The van der Waals surface area contributed by atoms with Crippen LogP contribution in [0.1, 0.15) is 23.3 Å². The first-order chi connectivity index (χ1) is 7.34. The van der Waals surface area contributed by atoms with Gasteiger partial charge in [-0.1, -0.05) is 30.4 Å². The number of aryl methyl sites for hydroxylation is 1. The van der Waals surface area contributed by atoms with Crippen LogP contribution < -0.4 is 0 Å². The maximum absolute atomic E-state index is 5.81. The van der Waals surface area contributed by atoms with E-state index in [0.717, 1.165) is 17.8 Å². The Morgan fingerprint density at radius 2 is 2.00 bits per heavy atom. The summed E-state index contributed by atoms with van der Waals surface area (Å²) in [5.41, 5.74) is 3.43. The van der Waals surface area contributed by atoms with Gasteiger partial charge < -0.3 is 4.42 Å². The van der Waals surface area contributed by atoms with E-state index in [2.05, 4.69) is 49.4 Å². The molecule has 0 fully saturated rings. The predicted octanol–water partition coefficient (Wildman–Crippen LogP) is 4.17. The van der Waals surface area contributed by atoms with Crippen molar-refractivity contribution in [3.63, 3.8) is 0 Å². The molecule has 0 aliphatic heterocycles. The normalized spacial score (nSPS) is 14.2. The molecule has 0 saturated carbocycles. The van der Waals surface area contributed by atoms with Gasteiger partial charge in [0.05, 0.1) is 0 Å². The SMILES string of the molecule is Cc1ccc2c3c(oc2c1)C=CCC=C3. The second-order valence-corrected chi connectivity index (χ2v) is 3.92. The van der Waals surface area contributed by atoms with E-state index in [0.29, 0.717) is 0 Å². The minimum Gasteiger partial charge on any atom is -0.456 e. The molecule has 0 amide bonds. The van der Waals surface area contributed by atoms with Crippen LogP contribution in [0.3, 0.4) is 0 Å². The molecule has 0 unspecified atom stereocenters. The molecule has 1 aliphatic rings. The quantitative estimate of drug-likeness (QED) is 0.616. The van der Waals surface area contributed by atoms with Crippen molar-refractivity contribution in [2.75, 3.05) is 0 Å². The van der Waals surface area contributed by atoms with Crippen LogP contribution in [0.4, 0.5) is 0 Å². The Morgan fingerprint density at radius 3 is 2.93 bits per heavy atom. The number of hydrogen-bond acceptors (Lipinski definition) is 1. The van der Waals surface area contributed by atoms with Gasteiger partial charge in [0.25, 0.3) is 0 Å². The Labute approximate surface area is 88.7 Å². The van der Waals surface area contributed by atoms with E-state index in [9.17, 15) is 0 Å². The van der Waals surface area contributed by atoms with Crippen molar-refractivity contribution in [1.29, 1.82) is 0 Å². The van der Waals surface area contributed by atoms with Crippen molar-refractivity contribution >= 4 is 23.1 Å². The van der Waals surface area contributed by atoms with Crippen LogP contribution in [0.15, 0.2) is 34.8 Å². The smallest absolute Gasteiger partial charge is 0.135 e. The number of fused-ring (bicyclic) bond motifs is 3. The van der Waals surface area contributed by atoms with Gasteiger partial charge in [-0.25, -0.2) is 0 Å². The minimum absolute atomic E-state index is 0.976. The topological polar surface area (TPSA) is 13.1 Å². The summed E-state index contributed by atoms with van der Waals surface area (Å²) in [4.78, 5) is 0. The Hall–Kier alpha value is -1.76. The highest BCUT2D eigenvalue weighted by Gasteiger charge is 2.10. The number of hydrogen-bond donors (Lipinski definition) is 0. The minimum atomic E-state index is 0.976. The van der Waals surface area contributed by atoms with Gasteiger partial charge in [0.15, 0.2) is 0 Å². The van der Waals surface area contributed by atoms with E-state index in [-0.39, 0.29) is 0 Å². The molecule has 74 valence electrons. The molecule has 0 radical (unpaired) electrons. The third kappa shape index (κ3) is 1.32. The van der Waals surface area contributed by atoms with Crippen molar-refractivity contribution in [3.05, 3.63) is 47.2 Å². The summed E-state index contributed by atoms with van der Waals surface area (Å²) in [5, 5.41) is 1.21. The molecule has 1 aromatic carbocycles. The van der Waals surface area contributed by atoms with E-state index in [4.69, 9.17) is 4.42 Å². The Kier molecular flexibility index (Phi) is 1.78. The fourth-order valence-corrected chi connectivity index (χ4v) is 1.98. The van der Waals surface area contributed by atoms with Crippen molar-refractivity contribution in [3.8, 4) is 0 Å². The molecular formula is C14H12O. The van der Waals surface area contributed by atoms with Gasteiger partial charge in [0.1, 0.15) is 11.3 Å². The van der Waals surface area contributed by atoms with Gasteiger partial charge in [-0.2, -0.15) is 0 Å². The molecule has 0 atom stereocenters. The molecule has 15 heavy (non-hydrogen) atoms. The van der Waals surface area contributed by atoms with E-state index in [1.807, 2.05) is 0 Å². The van der Waals surface area contributed by atoms with Gasteiger partial charge in [-0.3, -0.25) is 0 Å². The van der Waals surface area contributed by atoms with Crippen LogP contribution in [0.2, 0.25) is 0 Å². The number of rotatable bonds is 0. The summed E-state index contributed by atoms with van der Waals surface area (Å²) < 4.78 is 5.81. The van der Waals surface area contributed by atoms with Crippen molar-refractivity contribution in [2.24, 2.45) is 0 Å². The summed E-state index contributed by atoms with van der Waals surface area (Å²) in [6.45, 7) is 2.08. The average Bonchev–Trinajstić information content (AvgIpc) is 2.42. The van der Waals surface area contributed by atoms with Gasteiger partial charge in [-0.15, -0.1) is 0 Å². The van der Waals surface area contributed by atoms with Crippen molar-refractivity contribution < 1.29 is 4.42 Å². The molecule has 0 saturated heterocycles. The Bertz CT molecular complexity index is 570. The highest BCUT2D eigenvalue weighted by Crippen LogP contribution is 2.30. The largest absolute Gasteiger partial charge is 0.456 e. The molecule has 3 rings (SSSR count). The summed E-state index contributed by atoms with van der Waals surface area (Å²) >= 11 is 0. The van der Waals surface area contributed by atoms with Gasteiger partial charge >= 0.3 is 0 Å². The highest BCUT2D eigenvalue weighted by atomic mass is 16.3. The zero-order chi connectivity index (χ0) is 10.3. The molecule has 1 nitrogen and oxygen atoms in total. The standard InChI is InChI=1S/C14H12O/c1-10-7-8-12-11-5-3-2-4-6-13(11)15-14(12)9-10/h3-9H,2H2,1H3. The molecule has 1 aliphatic carbocycles. The van der Waals surface area contributed by atoms with Crippen LogP contribution in [-0.2, 0) is 0 Å². The number of furan rings is 1. The van der Waals surface area contributed by atoms with E-state index in [1.165, 1.54) is 16.5 Å². The lowest BCUT2D eigenvalue weighted by molar-refractivity contribution is 0.603. The van der Waals surface area contributed by atoms with Crippen LogP contribution in [0.25, 0.3) is 23.1 Å². The maximum atomic E-state index is 5.81. The monoisotopic (exact) mass is 196 g/mol. The zero-order valence-electron chi connectivity index (χ0n) is 8.66. The lowest BCUT2D eigenvalue weighted by atomic mass is 10.1. The molecule has 0 bridgehead atoms. The van der Waals surface area contributed by atoms with Gasteiger partial charge in [0, 0.05) is 10.9 Å². The van der Waals surface area contributed by atoms with E-state index < -0.39 is 0 Å². The molecule has 1 heteroatoms. The third-order valence-electron chi connectivity index (χ3n) is 2.74. The zero-order valence-corrected chi connectivity index (χ0v) is 8.66. The molecule has 0 N–H and O–H groups in total. The number of benzene rings is 1. The van der Waals surface area contributed by atoms with E-state index in [1.54, 1.807) is 0 Å². The summed E-state index contributed by atoms with van der Waals surface area (Å²) in [6.07, 6.45) is 9.48. The second-order valence-electron chi connectivity index (χ2n) is 3.92. The maximum Gasteiger partial charge on any atom is 0.135 e. The Balaban J connectivity index is 2.38. The first kappa shape index (κ1) is 8.54.